The van der Waals surface area contributed by atoms with Gasteiger partial charge >= 0.3 is 11.9 Å². The Morgan fingerprint density at radius 3 is 2.11 bits per heavy atom. The number of esters is 2. The molecule has 0 N–H and O–H groups in total. The number of ether oxygens (including phenoxy) is 2. The van der Waals surface area contributed by atoms with Crippen molar-refractivity contribution >= 4 is 11.9 Å². The zero-order valence-electron chi connectivity index (χ0n) is 24.5. The molecule has 2 rings (SSSR count). The van der Waals surface area contributed by atoms with Gasteiger partial charge in [0.1, 0.15) is 11.7 Å². The van der Waals surface area contributed by atoms with Crippen LogP contribution in [-0.4, -0.2) is 23.6 Å². The highest BCUT2D eigenvalue weighted by molar-refractivity contribution is 5.74. The number of rotatable bonds is 9. The Bertz CT molecular complexity index is 677. The van der Waals surface area contributed by atoms with Crippen LogP contribution in [0.2, 0.25) is 0 Å². The standard InChI is InChI=1S/C31H56O4/c1-10-25(34-28(33)26(30(7,8)9)21-29(4,5)6)20-24-19-23(16-15-22(24)3)27(32)35-31(11-2)17-13-12-14-18-31/h22-26H,10-21H2,1-9H3. The quantitative estimate of drug-likeness (QED) is 0.303. The van der Waals surface area contributed by atoms with E-state index in [0.717, 1.165) is 57.8 Å². The smallest absolute Gasteiger partial charge is 0.309 e. The minimum absolute atomic E-state index is 0.0158. The lowest BCUT2D eigenvalue weighted by Crippen LogP contribution is -2.40. The van der Waals surface area contributed by atoms with Crippen molar-refractivity contribution in [3.63, 3.8) is 0 Å². The number of carbonyl (C=O) groups is 2. The van der Waals surface area contributed by atoms with Crippen molar-refractivity contribution in [3.05, 3.63) is 0 Å². The van der Waals surface area contributed by atoms with Crippen molar-refractivity contribution in [1.82, 2.24) is 0 Å². The predicted octanol–water partition coefficient (Wildman–Crippen LogP) is 8.51. The van der Waals surface area contributed by atoms with Gasteiger partial charge in [-0.3, -0.25) is 9.59 Å². The average Bonchev–Trinajstić information content (AvgIpc) is 2.77. The Balaban J connectivity index is 2.02. The van der Waals surface area contributed by atoms with Crippen LogP contribution in [0, 0.1) is 34.5 Å². The Kier molecular flexibility index (Phi) is 10.7. The maximum atomic E-state index is 13.3. The Morgan fingerprint density at radius 1 is 0.971 bits per heavy atom. The van der Waals surface area contributed by atoms with E-state index in [1.54, 1.807) is 0 Å². The molecule has 0 heterocycles. The molecule has 0 saturated heterocycles. The van der Waals surface area contributed by atoms with Gasteiger partial charge in [-0.15, -0.1) is 0 Å². The first-order valence-corrected chi connectivity index (χ1v) is 14.6. The van der Waals surface area contributed by atoms with Crippen molar-refractivity contribution < 1.29 is 19.1 Å². The van der Waals surface area contributed by atoms with E-state index >= 15 is 0 Å². The minimum Gasteiger partial charge on any atom is -0.462 e. The van der Waals surface area contributed by atoms with Crippen LogP contribution in [0.25, 0.3) is 0 Å². The molecule has 0 radical (unpaired) electrons. The zero-order valence-corrected chi connectivity index (χ0v) is 24.5. The molecule has 4 nitrogen and oxygen atoms in total. The molecule has 0 aromatic heterocycles. The molecule has 5 unspecified atom stereocenters. The molecule has 35 heavy (non-hydrogen) atoms. The Morgan fingerprint density at radius 2 is 1.60 bits per heavy atom. The summed E-state index contributed by atoms with van der Waals surface area (Å²) in [5.41, 5.74) is -0.299. The monoisotopic (exact) mass is 492 g/mol. The van der Waals surface area contributed by atoms with Crippen molar-refractivity contribution in [1.29, 1.82) is 0 Å². The van der Waals surface area contributed by atoms with Gasteiger partial charge in [-0.1, -0.05) is 68.7 Å². The fraction of sp³-hybridized carbons (Fsp3) is 0.935. The Hall–Kier alpha value is -1.06. The normalized spacial score (nSPS) is 27.1. The number of hydrogen-bond donors (Lipinski definition) is 0. The molecule has 0 aliphatic heterocycles. The molecule has 2 fully saturated rings. The fourth-order valence-electron chi connectivity index (χ4n) is 6.22. The van der Waals surface area contributed by atoms with E-state index in [9.17, 15) is 9.59 Å². The van der Waals surface area contributed by atoms with Crippen LogP contribution in [0.3, 0.4) is 0 Å². The topological polar surface area (TPSA) is 52.6 Å². The summed E-state index contributed by atoms with van der Waals surface area (Å²) in [7, 11) is 0. The maximum Gasteiger partial charge on any atom is 0.309 e. The van der Waals surface area contributed by atoms with Crippen molar-refractivity contribution in [3.8, 4) is 0 Å². The molecular weight excluding hydrogens is 436 g/mol. The molecule has 204 valence electrons. The summed E-state index contributed by atoms with van der Waals surface area (Å²) in [6, 6.07) is 0. The van der Waals surface area contributed by atoms with E-state index in [0.29, 0.717) is 11.8 Å². The van der Waals surface area contributed by atoms with Crippen LogP contribution >= 0.6 is 0 Å². The second-order valence-electron chi connectivity index (χ2n) is 14.2. The fourth-order valence-corrected chi connectivity index (χ4v) is 6.22. The molecule has 0 aromatic carbocycles. The molecule has 0 bridgehead atoms. The van der Waals surface area contributed by atoms with Gasteiger partial charge in [-0.25, -0.2) is 0 Å². The predicted molar refractivity (Wildman–Crippen MR) is 144 cm³/mol. The summed E-state index contributed by atoms with van der Waals surface area (Å²) >= 11 is 0. The highest BCUT2D eigenvalue weighted by Gasteiger charge is 2.40. The summed E-state index contributed by atoms with van der Waals surface area (Å²) in [6.07, 6.45) is 11.7. The van der Waals surface area contributed by atoms with Gasteiger partial charge in [-0.2, -0.15) is 0 Å². The minimum atomic E-state index is -0.232. The van der Waals surface area contributed by atoms with Crippen molar-refractivity contribution in [2.24, 2.45) is 34.5 Å². The lowest BCUT2D eigenvalue weighted by Gasteiger charge is -2.40. The third-order valence-corrected chi connectivity index (χ3v) is 8.87. The van der Waals surface area contributed by atoms with Crippen LogP contribution in [0.5, 0.6) is 0 Å². The largest absolute Gasteiger partial charge is 0.462 e. The summed E-state index contributed by atoms with van der Waals surface area (Å²) in [5, 5.41) is 0. The van der Waals surface area contributed by atoms with E-state index in [-0.39, 0.29) is 46.3 Å². The second-order valence-corrected chi connectivity index (χ2v) is 14.2. The SMILES string of the molecule is CCC(CC1CC(C(=O)OC2(CC)CCCCC2)CCC1C)OC(=O)C(CC(C)(C)C)C(C)(C)C. The molecule has 2 aliphatic rings. The summed E-state index contributed by atoms with van der Waals surface area (Å²) < 4.78 is 12.4. The Labute approximate surface area is 216 Å². The van der Waals surface area contributed by atoms with Gasteiger partial charge < -0.3 is 9.47 Å². The lowest BCUT2D eigenvalue weighted by atomic mass is 9.71. The van der Waals surface area contributed by atoms with E-state index in [1.165, 1.54) is 19.3 Å². The molecular formula is C31H56O4. The summed E-state index contributed by atoms with van der Waals surface area (Å²) in [6.45, 7) is 19.6. The van der Waals surface area contributed by atoms with Gasteiger partial charge in [0.15, 0.2) is 0 Å². The first kappa shape index (κ1) is 30.2. The molecule has 5 atom stereocenters. The van der Waals surface area contributed by atoms with Crippen LogP contribution < -0.4 is 0 Å². The lowest BCUT2D eigenvalue weighted by molar-refractivity contribution is -0.172. The van der Waals surface area contributed by atoms with Gasteiger partial charge in [0.05, 0.1) is 11.8 Å². The van der Waals surface area contributed by atoms with Crippen molar-refractivity contribution in [2.45, 2.75) is 151 Å². The molecule has 0 aromatic rings. The highest BCUT2D eigenvalue weighted by atomic mass is 16.6. The first-order valence-electron chi connectivity index (χ1n) is 14.6. The van der Waals surface area contributed by atoms with Crippen LogP contribution in [-0.2, 0) is 19.1 Å². The van der Waals surface area contributed by atoms with Crippen LogP contribution in [0.15, 0.2) is 0 Å². The molecule has 0 spiro atoms. The summed E-state index contributed by atoms with van der Waals surface area (Å²) in [4.78, 5) is 26.6. The maximum absolute atomic E-state index is 13.3. The average molecular weight is 493 g/mol. The second kappa shape index (κ2) is 12.5. The van der Waals surface area contributed by atoms with Crippen LogP contribution in [0.4, 0.5) is 0 Å². The highest BCUT2D eigenvalue weighted by Crippen LogP contribution is 2.42. The van der Waals surface area contributed by atoms with E-state index in [2.05, 4.69) is 62.3 Å². The van der Waals surface area contributed by atoms with E-state index in [4.69, 9.17) is 9.47 Å². The van der Waals surface area contributed by atoms with Crippen molar-refractivity contribution in [2.75, 3.05) is 0 Å². The zero-order chi connectivity index (χ0) is 26.4. The number of hydrogen-bond acceptors (Lipinski definition) is 4. The third kappa shape index (κ3) is 9.08. The van der Waals surface area contributed by atoms with Gasteiger partial charge in [-0.05, 0) is 93.3 Å². The third-order valence-electron chi connectivity index (χ3n) is 8.87. The van der Waals surface area contributed by atoms with Gasteiger partial charge in [0, 0.05) is 0 Å². The molecule has 4 heteroatoms. The molecule has 0 amide bonds. The molecule has 2 aliphatic carbocycles. The molecule has 2 saturated carbocycles. The summed E-state index contributed by atoms with van der Waals surface area (Å²) in [5.74, 6) is 0.754. The first-order chi connectivity index (χ1) is 16.2. The van der Waals surface area contributed by atoms with Gasteiger partial charge in [0.2, 0.25) is 0 Å². The van der Waals surface area contributed by atoms with E-state index < -0.39 is 0 Å². The number of carbonyl (C=O) groups excluding carboxylic acids is 2. The van der Waals surface area contributed by atoms with Crippen LogP contribution in [0.1, 0.15) is 139 Å². The van der Waals surface area contributed by atoms with Gasteiger partial charge in [0.25, 0.3) is 0 Å². The van der Waals surface area contributed by atoms with E-state index in [1.807, 2.05) is 0 Å².